The smallest absolute Gasteiger partial charge is 0.274 e. The molecule has 0 saturated heterocycles. The van der Waals surface area contributed by atoms with Crippen molar-refractivity contribution in [2.75, 3.05) is 17.2 Å². The second-order valence-electron chi connectivity index (χ2n) is 5.49. The molecule has 0 radical (unpaired) electrons. The minimum Gasteiger partial charge on any atom is -0.494 e. The van der Waals surface area contributed by atoms with Crippen LogP contribution in [0.1, 0.15) is 23.0 Å². The van der Waals surface area contributed by atoms with Crippen LogP contribution in [-0.4, -0.2) is 22.5 Å². The second kappa shape index (κ2) is 8.45. The van der Waals surface area contributed by atoms with Gasteiger partial charge in [-0.05, 0) is 55.5 Å². The van der Waals surface area contributed by atoms with Gasteiger partial charge in [0.25, 0.3) is 5.91 Å². The van der Waals surface area contributed by atoms with Gasteiger partial charge >= 0.3 is 0 Å². The summed E-state index contributed by atoms with van der Waals surface area (Å²) in [6.07, 6.45) is 1.50. The first-order valence-electron chi connectivity index (χ1n) is 8.32. The molecule has 7 nitrogen and oxygen atoms in total. The fourth-order valence-corrected chi connectivity index (χ4v) is 2.34. The maximum Gasteiger partial charge on any atom is 0.274 e. The molecule has 7 heteroatoms. The minimum absolute atomic E-state index is 0.209. The highest BCUT2D eigenvalue weighted by atomic mass is 16.5. The Labute approximate surface area is 156 Å². The Morgan fingerprint density at radius 3 is 2.70 bits per heavy atom. The Kier molecular flexibility index (Phi) is 5.60. The van der Waals surface area contributed by atoms with Crippen molar-refractivity contribution in [3.05, 3.63) is 72.1 Å². The molecule has 0 bridgehead atoms. The monoisotopic (exact) mass is 359 g/mol. The largest absolute Gasteiger partial charge is 0.494 e. The van der Waals surface area contributed by atoms with E-state index >= 15 is 0 Å². The predicted molar refractivity (Wildman–Crippen MR) is 102 cm³/mol. The first kappa shape index (κ1) is 17.9. The van der Waals surface area contributed by atoms with E-state index in [4.69, 9.17) is 10.00 Å². The molecule has 0 saturated carbocycles. The highest BCUT2D eigenvalue weighted by molar-refractivity contribution is 6.03. The number of aromatic nitrogens is 2. The van der Waals surface area contributed by atoms with Gasteiger partial charge in [-0.25, -0.2) is 9.97 Å². The normalized spacial score (nSPS) is 9.93. The molecule has 134 valence electrons. The average molecular weight is 359 g/mol. The maximum absolute atomic E-state index is 12.4. The first-order valence-corrected chi connectivity index (χ1v) is 8.32. The van der Waals surface area contributed by atoms with Gasteiger partial charge in [0.2, 0.25) is 5.95 Å². The Morgan fingerprint density at radius 1 is 1.15 bits per heavy atom. The lowest BCUT2D eigenvalue weighted by Gasteiger charge is -2.08. The van der Waals surface area contributed by atoms with Crippen LogP contribution in [0.4, 0.5) is 17.3 Å². The fourth-order valence-electron chi connectivity index (χ4n) is 2.34. The number of rotatable bonds is 6. The van der Waals surface area contributed by atoms with Crippen molar-refractivity contribution < 1.29 is 9.53 Å². The number of nitriles is 1. The van der Waals surface area contributed by atoms with Crippen LogP contribution in [0, 0.1) is 11.3 Å². The topological polar surface area (TPSA) is 99.9 Å². The third-order valence-corrected chi connectivity index (χ3v) is 3.56. The standard InChI is InChI=1S/C20H17N5O2/c1-2-27-17-8-6-15(7-9-17)24-20-22-11-10-18(25-20)19(26)23-16-5-3-4-14(12-16)13-21/h3-12H,2H2,1H3,(H,23,26)(H,22,24,25). The van der Waals surface area contributed by atoms with Gasteiger partial charge < -0.3 is 15.4 Å². The number of ether oxygens (including phenoxy) is 1. The van der Waals surface area contributed by atoms with Gasteiger partial charge in [0.05, 0.1) is 18.2 Å². The van der Waals surface area contributed by atoms with Crippen molar-refractivity contribution in [1.29, 1.82) is 5.26 Å². The number of anilines is 3. The number of nitrogens with zero attached hydrogens (tertiary/aromatic N) is 3. The van der Waals surface area contributed by atoms with Gasteiger partial charge in [0.1, 0.15) is 11.4 Å². The van der Waals surface area contributed by atoms with Crippen LogP contribution in [0.25, 0.3) is 0 Å². The van der Waals surface area contributed by atoms with E-state index in [1.54, 1.807) is 24.3 Å². The maximum atomic E-state index is 12.4. The summed E-state index contributed by atoms with van der Waals surface area (Å²) in [6, 6.07) is 17.6. The third-order valence-electron chi connectivity index (χ3n) is 3.56. The van der Waals surface area contributed by atoms with E-state index in [0.29, 0.717) is 23.8 Å². The second-order valence-corrected chi connectivity index (χ2v) is 5.49. The predicted octanol–water partition coefficient (Wildman–Crippen LogP) is 3.74. The summed E-state index contributed by atoms with van der Waals surface area (Å²) in [5, 5.41) is 14.7. The molecule has 0 aliphatic rings. The van der Waals surface area contributed by atoms with Crippen molar-refractivity contribution in [2.24, 2.45) is 0 Å². The molecular formula is C20H17N5O2. The van der Waals surface area contributed by atoms with Crippen molar-refractivity contribution in [2.45, 2.75) is 6.92 Å². The molecule has 2 N–H and O–H groups in total. The van der Waals surface area contributed by atoms with Crippen LogP contribution in [0.3, 0.4) is 0 Å². The lowest BCUT2D eigenvalue weighted by atomic mass is 10.2. The highest BCUT2D eigenvalue weighted by Gasteiger charge is 2.10. The number of amides is 1. The number of carbonyl (C=O) groups is 1. The third kappa shape index (κ3) is 4.80. The molecule has 3 aromatic rings. The molecule has 0 atom stereocenters. The summed E-state index contributed by atoms with van der Waals surface area (Å²) < 4.78 is 5.40. The Hall–Kier alpha value is -3.92. The van der Waals surface area contributed by atoms with E-state index in [1.165, 1.54) is 12.3 Å². The van der Waals surface area contributed by atoms with Crippen LogP contribution >= 0.6 is 0 Å². The molecule has 0 aliphatic carbocycles. The number of carbonyl (C=O) groups excluding carboxylic acids is 1. The van der Waals surface area contributed by atoms with Gasteiger partial charge in [0, 0.05) is 17.6 Å². The molecule has 1 heterocycles. The van der Waals surface area contributed by atoms with Gasteiger partial charge in [-0.15, -0.1) is 0 Å². The van der Waals surface area contributed by atoms with Crippen molar-refractivity contribution in [3.8, 4) is 11.8 Å². The van der Waals surface area contributed by atoms with Crippen LogP contribution in [-0.2, 0) is 0 Å². The molecule has 1 aromatic heterocycles. The summed E-state index contributed by atoms with van der Waals surface area (Å²) >= 11 is 0. The highest BCUT2D eigenvalue weighted by Crippen LogP contribution is 2.18. The quantitative estimate of drug-likeness (QED) is 0.695. The first-order chi connectivity index (χ1) is 13.2. The van der Waals surface area contributed by atoms with E-state index in [-0.39, 0.29) is 11.6 Å². The zero-order valence-corrected chi connectivity index (χ0v) is 14.6. The number of hydrogen-bond acceptors (Lipinski definition) is 6. The van der Waals surface area contributed by atoms with E-state index in [9.17, 15) is 4.79 Å². The Morgan fingerprint density at radius 2 is 1.96 bits per heavy atom. The van der Waals surface area contributed by atoms with E-state index < -0.39 is 0 Å². The Balaban J connectivity index is 1.70. The molecule has 0 aliphatic heterocycles. The average Bonchev–Trinajstić information content (AvgIpc) is 2.70. The molecule has 0 spiro atoms. The summed E-state index contributed by atoms with van der Waals surface area (Å²) in [4.78, 5) is 20.8. The lowest BCUT2D eigenvalue weighted by molar-refractivity contribution is 0.102. The van der Waals surface area contributed by atoms with E-state index in [0.717, 1.165) is 11.4 Å². The molecule has 1 amide bonds. The summed E-state index contributed by atoms with van der Waals surface area (Å²) in [6.45, 7) is 2.53. The van der Waals surface area contributed by atoms with Gasteiger partial charge in [0.15, 0.2) is 0 Å². The minimum atomic E-state index is -0.387. The van der Waals surface area contributed by atoms with Crippen LogP contribution in [0.2, 0.25) is 0 Å². The summed E-state index contributed by atoms with van der Waals surface area (Å²) in [5.74, 6) is 0.691. The number of hydrogen-bond donors (Lipinski definition) is 2. The molecule has 27 heavy (non-hydrogen) atoms. The zero-order chi connectivity index (χ0) is 19.1. The van der Waals surface area contributed by atoms with E-state index in [2.05, 4.69) is 20.6 Å². The number of benzene rings is 2. The molecule has 3 rings (SSSR count). The van der Waals surface area contributed by atoms with Crippen LogP contribution in [0.5, 0.6) is 5.75 Å². The molecule has 0 unspecified atom stereocenters. The van der Waals surface area contributed by atoms with Gasteiger partial charge in [-0.3, -0.25) is 4.79 Å². The van der Waals surface area contributed by atoms with Gasteiger partial charge in [-0.1, -0.05) is 6.07 Å². The van der Waals surface area contributed by atoms with Crippen LogP contribution < -0.4 is 15.4 Å². The molecular weight excluding hydrogens is 342 g/mol. The SMILES string of the molecule is CCOc1ccc(Nc2nccc(C(=O)Nc3cccc(C#N)c3)n2)cc1. The molecule has 0 fully saturated rings. The van der Waals surface area contributed by atoms with Crippen molar-refractivity contribution in [3.63, 3.8) is 0 Å². The number of nitrogens with one attached hydrogen (secondary N) is 2. The summed E-state index contributed by atoms with van der Waals surface area (Å²) in [7, 11) is 0. The Bertz CT molecular complexity index is 980. The van der Waals surface area contributed by atoms with Crippen molar-refractivity contribution >= 4 is 23.2 Å². The summed E-state index contributed by atoms with van der Waals surface area (Å²) in [5.41, 5.74) is 1.98. The van der Waals surface area contributed by atoms with Crippen LogP contribution in [0.15, 0.2) is 60.8 Å². The fraction of sp³-hybridized carbons (Fsp3) is 0.100. The van der Waals surface area contributed by atoms with Crippen molar-refractivity contribution in [1.82, 2.24) is 9.97 Å². The van der Waals surface area contributed by atoms with Gasteiger partial charge in [-0.2, -0.15) is 5.26 Å². The van der Waals surface area contributed by atoms with E-state index in [1.807, 2.05) is 37.3 Å². The molecule has 2 aromatic carbocycles. The lowest BCUT2D eigenvalue weighted by Crippen LogP contribution is -2.14. The zero-order valence-electron chi connectivity index (χ0n) is 14.6.